The van der Waals surface area contributed by atoms with Gasteiger partial charge in [0.15, 0.2) is 11.6 Å². The van der Waals surface area contributed by atoms with Gasteiger partial charge in [-0.3, -0.25) is 14.9 Å². The van der Waals surface area contributed by atoms with Crippen LogP contribution < -0.4 is 30.2 Å². The van der Waals surface area contributed by atoms with Gasteiger partial charge >= 0.3 is 0 Å². The van der Waals surface area contributed by atoms with Crippen molar-refractivity contribution in [1.82, 2.24) is 5.32 Å². The highest BCUT2D eigenvalue weighted by Gasteiger charge is 2.22. The molecule has 3 aromatic carbocycles. The van der Waals surface area contributed by atoms with E-state index in [-0.39, 0.29) is 53.7 Å². The Morgan fingerprint density at radius 2 is 1.31 bits per heavy atom. The van der Waals surface area contributed by atoms with Gasteiger partial charge in [0.25, 0.3) is 11.8 Å². The summed E-state index contributed by atoms with van der Waals surface area (Å²) in [5.74, 6) is 0.0556. The number of carbonyl (C=O) groups excluding carboxylic acids is 2. The fourth-order valence-corrected chi connectivity index (χ4v) is 5.38. The van der Waals surface area contributed by atoms with Crippen molar-refractivity contribution < 1.29 is 38.4 Å². The molecule has 3 aromatic rings. The van der Waals surface area contributed by atoms with Crippen molar-refractivity contribution in [2.24, 2.45) is 17.8 Å². The van der Waals surface area contributed by atoms with Crippen molar-refractivity contribution >= 4 is 23.2 Å². The summed E-state index contributed by atoms with van der Waals surface area (Å²) in [6.07, 6.45) is 3.42. The van der Waals surface area contributed by atoms with Crippen molar-refractivity contribution in [2.45, 2.75) is 72.6 Å². The molecule has 4 rings (SSSR count). The third-order valence-corrected chi connectivity index (χ3v) is 8.16. The first-order chi connectivity index (χ1) is 23.4. The number of amides is 2. The maximum atomic E-state index is 14.1. The maximum Gasteiger partial charge on any atom is 0.255 e. The molecule has 1 fully saturated rings. The maximum absolute atomic E-state index is 14.1. The number of carbonyl (C=O) groups is 2. The molecule has 266 valence electrons. The van der Waals surface area contributed by atoms with Crippen molar-refractivity contribution in [3.8, 4) is 17.2 Å². The molecule has 0 spiro atoms. The molecule has 0 aromatic heterocycles. The fraction of sp³-hybridized carbons (Fsp3) is 0.474. The molecule has 1 aliphatic rings. The molecule has 0 heterocycles. The van der Waals surface area contributed by atoms with E-state index in [1.165, 1.54) is 12.1 Å². The average molecular weight is 680 g/mol. The predicted molar refractivity (Wildman–Crippen MR) is 188 cm³/mol. The van der Waals surface area contributed by atoms with Crippen LogP contribution in [0.1, 0.15) is 92.8 Å². The number of aliphatic hydroxyl groups excluding tert-OH is 2. The Morgan fingerprint density at radius 1 is 0.776 bits per heavy atom. The van der Waals surface area contributed by atoms with Gasteiger partial charge in [-0.05, 0) is 97.5 Å². The molecule has 1 unspecified atom stereocenters. The van der Waals surface area contributed by atoms with Gasteiger partial charge < -0.3 is 35.1 Å². The third-order valence-electron chi connectivity index (χ3n) is 8.16. The lowest BCUT2D eigenvalue weighted by Gasteiger charge is -2.29. The number of hydrogen-bond acceptors (Lipinski definition) is 8. The predicted octanol–water partition coefficient (Wildman–Crippen LogP) is 6.93. The SMILES string of the molecule is CC(C)COc1cc(C(=O)Nc2ccc(C(O)N[C@H]3CC[C@H](C)CC3)cc2OCC(C)C)ccc1NC(=O)c1ccc(F)c(OCCO)c1. The summed E-state index contributed by atoms with van der Waals surface area (Å²) in [4.78, 5) is 26.7. The Morgan fingerprint density at radius 3 is 1.88 bits per heavy atom. The highest BCUT2D eigenvalue weighted by molar-refractivity contribution is 6.08. The molecular weight excluding hydrogens is 629 g/mol. The molecule has 0 bridgehead atoms. The minimum absolute atomic E-state index is 0.118. The standard InChI is InChI=1S/C38H50FN3O7/c1-23(2)21-48-34-19-27(36(44)40-29-11-6-25(5)7-12-29)9-14-31(34)42-38(46)28-10-15-32(35(20-28)49-22-24(3)4)41-37(45)26-8-13-30(39)33(18-26)47-17-16-43/h8-10,13-15,18-20,23-25,29,36,40,43-44H,6-7,11-12,16-17,21-22H2,1-5H3,(H,41,45)(H,42,46)/t25-,29-,36?. The highest BCUT2D eigenvalue weighted by atomic mass is 19.1. The number of nitrogens with one attached hydrogen (secondary N) is 3. The quantitative estimate of drug-likeness (QED) is 0.103. The lowest BCUT2D eigenvalue weighted by molar-refractivity contribution is 0.101. The Balaban J connectivity index is 1.53. The topological polar surface area (TPSA) is 138 Å². The van der Waals surface area contributed by atoms with Gasteiger partial charge in [0.1, 0.15) is 24.3 Å². The normalized spacial score (nSPS) is 16.7. The van der Waals surface area contributed by atoms with Crippen LogP contribution >= 0.6 is 0 Å². The number of rotatable bonds is 16. The van der Waals surface area contributed by atoms with Crippen LogP contribution in [-0.4, -0.2) is 54.5 Å². The smallest absolute Gasteiger partial charge is 0.255 e. The van der Waals surface area contributed by atoms with Gasteiger partial charge in [-0.25, -0.2) is 4.39 Å². The van der Waals surface area contributed by atoms with E-state index in [1.807, 2.05) is 27.7 Å². The van der Waals surface area contributed by atoms with Crippen LogP contribution in [0.5, 0.6) is 17.2 Å². The monoisotopic (exact) mass is 679 g/mol. The van der Waals surface area contributed by atoms with Crippen LogP contribution in [0.25, 0.3) is 0 Å². The number of aliphatic hydroxyl groups is 2. The highest BCUT2D eigenvalue weighted by Crippen LogP contribution is 2.32. The van der Waals surface area contributed by atoms with Crippen LogP contribution in [-0.2, 0) is 0 Å². The van der Waals surface area contributed by atoms with Crippen LogP contribution in [0.3, 0.4) is 0 Å². The minimum Gasteiger partial charge on any atom is -0.491 e. The third kappa shape index (κ3) is 11.2. The van der Waals surface area contributed by atoms with Crippen molar-refractivity contribution in [1.29, 1.82) is 0 Å². The van der Waals surface area contributed by atoms with Crippen LogP contribution in [0, 0.1) is 23.6 Å². The molecule has 49 heavy (non-hydrogen) atoms. The van der Waals surface area contributed by atoms with E-state index in [9.17, 15) is 19.1 Å². The van der Waals surface area contributed by atoms with E-state index < -0.39 is 23.9 Å². The van der Waals surface area contributed by atoms with E-state index in [0.717, 1.165) is 31.7 Å². The zero-order chi connectivity index (χ0) is 35.5. The molecule has 5 N–H and O–H groups in total. The summed E-state index contributed by atoms with van der Waals surface area (Å²) in [7, 11) is 0. The minimum atomic E-state index is -0.873. The zero-order valence-corrected chi connectivity index (χ0v) is 29.1. The molecule has 1 saturated carbocycles. The van der Waals surface area contributed by atoms with E-state index in [4.69, 9.17) is 19.3 Å². The van der Waals surface area contributed by atoms with Crippen LogP contribution in [0.2, 0.25) is 0 Å². The van der Waals surface area contributed by atoms with Crippen molar-refractivity contribution in [3.05, 3.63) is 77.1 Å². The molecule has 0 aliphatic heterocycles. The Labute approximate surface area is 288 Å². The van der Waals surface area contributed by atoms with Crippen LogP contribution in [0.4, 0.5) is 15.8 Å². The molecule has 0 radical (unpaired) electrons. The Hall–Kier alpha value is -4.19. The number of ether oxygens (including phenoxy) is 3. The summed E-state index contributed by atoms with van der Waals surface area (Å²) in [5, 5.41) is 29.1. The Bertz CT molecular complexity index is 1560. The molecule has 2 amide bonds. The molecular formula is C38H50FN3O7. The van der Waals surface area contributed by atoms with Gasteiger partial charge in [0.05, 0.1) is 31.2 Å². The van der Waals surface area contributed by atoms with E-state index in [1.54, 1.807) is 36.4 Å². The van der Waals surface area contributed by atoms with Gasteiger partial charge in [-0.15, -0.1) is 0 Å². The van der Waals surface area contributed by atoms with Crippen LogP contribution in [0.15, 0.2) is 54.6 Å². The number of anilines is 2. The molecule has 11 heteroatoms. The first-order valence-corrected chi connectivity index (χ1v) is 17.1. The lowest BCUT2D eigenvalue weighted by Crippen LogP contribution is -2.35. The second-order valence-electron chi connectivity index (χ2n) is 13.5. The summed E-state index contributed by atoms with van der Waals surface area (Å²) >= 11 is 0. The van der Waals surface area contributed by atoms with E-state index >= 15 is 0 Å². The molecule has 10 nitrogen and oxygen atoms in total. The first-order valence-electron chi connectivity index (χ1n) is 17.1. The number of halogens is 1. The van der Waals surface area contributed by atoms with Gasteiger partial charge in [0, 0.05) is 17.2 Å². The molecule has 1 aliphatic carbocycles. The summed E-state index contributed by atoms with van der Waals surface area (Å²) in [6.45, 7) is 10.6. The summed E-state index contributed by atoms with van der Waals surface area (Å²) in [5.41, 5.74) is 1.84. The number of hydrogen-bond donors (Lipinski definition) is 5. The lowest BCUT2D eigenvalue weighted by atomic mass is 9.87. The second kappa shape index (κ2) is 18.0. The van der Waals surface area contributed by atoms with Gasteiger partial charge in [0.2, 0.25) is 0 Å². The zero-order valence-electron chi connectivity index (χ0n) is 29.1. The largest absolute Gasteiger partial charge is 0.491 e. The van der Waals surface area contributed by atoms with Gasteiger partial charge in [-0.1, -0.05) is 40.7 Å². The summed E-state index contributed by atoms with van der Waals surface area (Å²) < 4.78 is 31.4. The van der Waals surface area contributed by atoms with Gasteiger partial charge in [-0.2, -0.15) is 0 Å². The first kappa shape index (κ1) is 37.6. The fourth-order valence-electron chi connectivity index (χ4n) is 5.38. The molecule has 0 saturated heterocycles. The van der Waals surface area contributed by atoms with Crippen molar-refractivity contribution in [3.63, 3.8) is 0 Å². The average Bonchev–Trinajstić information content (AvgIpc) is 3.07. The second-order valence-corrected chi connectivity index (χ2v) is 13.5. The molecule has 1 atom stereocenters. The van der Waals surface area contributed by atoms with E-state index in [2.05, 4.69) is 22.9 Å². The summed E-state index contributed by atoms with van der Waals surface area (Å²) in [6, 6.07) is 13.9. The number of benzene rings is 3. The van der Waals surface area contributed by atoms with E-state index in [0.29, 0.717) is 41.8 Å². The Kier molecular flexibility index (Phi) is 13.8. The van der Waals surface area contributed by atoms with Crippen molar-refractivity contribution in [2.75, 3.05) is 37.1 Å².